The van der Waals surface area contributed by atoms with E-state index in [0.29, 0.717) is 6.54 Å². The molecule has 20 heavy (non-hydrogen) atoms. The molecule has 2 rings (SSSR count). The van der Waals surface area contributed by atoms with Crippen molar-refractivity contribution in [3.8, 4) is 0 Å². The van der Waals surface area contributed by atoms with Gasteiger partial charge in [-0.15, -0.1) is 0 Å². The van der Waals surface area contributed by atoms with Crippen LogP contribution in [0.1, 0.15) is 12.7 Å². The molecule has 0 aromatic carbocycles. The van der Waals surface area contributed by atoms with E-state index in [-0.39, 0.29) is 11.9 Å². The van der Waals surface area contributed by atoms with Gasteiger partial charge in [0.05, 0.1) is 6.04 Å². The molecule has 1 atom stereocenters. The van der Waals surface area contributed by atoms with E-state index in [2.05, 4.69) is 27.1 Å². The zero-order valence-corrected chi connectivity index (χ0v) is 12.7. The Labute approximate surface area is 120 Å². The highest BCUT2D eigenvalue weighted by atomic mass is 16.2. The number of aromatic nitrogens is 2. The van der Waals surface area contributed by atoms with E-state index in [4.69, 9.17) is 0 Å². The first-order valence-corrected chi connectivity index (χ1v) is 7.26. The summed E-state index contributed by atoms with van der Waals surface area (Å²) >= 11 is 0. The van der Waals surface area contributed by atoms with E-state index in [9.17, 15) is 4.79 Å². The number of imidazole rings is 1. The van der Waals surface area contributed by atoms with Gasteiger partial charge in [-0.3, -0.25) is 9.69 Å². The van der Waals surface area contributed by atoms with Gasteiger partial charge in [0.25, 0.3) is 0 Å². The average molecular weight is 279 g/mol. The predicted molar refractivity (Wildman–Crippen MR) is 78.5 cm³/mol. The molecule has 0 radical (unpaired) electrons. The summed E-state index contributed by atoms with van der Waals surface area (Å²) in [6.45, 7) is 9.37. The molecule has 0 bridgehead atoms. The van der Waals surface area contributed by atoms with E-state index in [1.165, 1.54) is 0 Å². The number of carbonyl (C=O) groups is 1. The predicted octanol–water partition coefficient (Wildman–Crippen LogP) is -0.0564. The summed E-state index contributed by atoms with van der Waals surface area (Å²) in [7, 11) is 2.12. The summed E-state index contributed by atoms with van der Waals surface area (Å²) in [5.41, 5.74) is 0. The van der Waals surface area contributed by atoms with Crippen LogP contribution in [0, 0.1) is 6.92 Å². The molecule has 1 aromatic heterocycles. The van der Waals surface area contributed by atoms with Crippen molar-refractivity contribution in [2.75, 3.05) is 39.8 Å². The minimum atomic E-state index is -0.0485. The number of likely N-dealkylation sites (N-methyl/N-ethyl adjacent to an activating group) is 1. The molecule has 1 unspecified atom stereocenters. The monoisotopic (exact) mass is 279 g/mol. The number of nitrogens with one attached hydrogen (secondary N) is 1. The third kappa shape index (κ3) is 3.80. The molecule has 0 saturated carbocycles. The Morgan fingerprint density at radius 2 is 2.10 bits per heavy atom. The van der Waals surface area contributed by atoms with E-state index >= 15 is 0 Å². The lowest BCUT2D eigenvalue weighted by molar-refractivity contribution is -0.126. The number of rotatable bonds is 5. The highest BCUT2D eigenvalue weighted by Crippen LogP contribution is 2.05. The first kappa shape index (κ1) is 15.0. The topological polar surface area (TPSA) is 53.4 Å². The van der Waals surface area contributed by atoms with Gasteiger partial charge in [-0.25, -0.2) is 4.98 Å². The molecule has 1 aromatic rings. The van der Waals surface area contributed by atoms with Crippen molar-refractivity contribution >= 4 is 5.91 Å². The highest BCUT2D eigenvalue weighted by molar-refractivity contribution is 5.81. The van der Waals surface area contributed by atoms with Crippen molar-refractivity contribution < 1.29 is 4.79 Å². The molecule has 1 fully saturated rings. The molecule has 1 saturated heterocycles. The van der Waals surface area contributed by atoms with Crippen LogP contribution in [0.3, 0.4) is 0 Å². The normalized spacial score (nSPS) is 18.9. The average Bonchev–Trinajstić information content (AvgIpc) is 2.84. The molecule has 1 aliphatic rings. The zero-order valence-electron chi connectivity index (χ0n) is 12.7. The van der Waals surface area contributed by atoms with Gasteiger partial charge >= 0.3 is 0 Å². The molecular weight excluding hydrogens is 254 g/mol. The summed E-state index contributed by atoms with van der Waals surface area (Å²) < 4.78 is 2.04. The molecule has 0 spiro atoms. The SMILES string of the molecule is Cc1nccn1CCNC(=O)C(C)N1CCN(C)CC1. The number of nitrogens with zero attached hydrogens (tertiary/aromatic N) is 4. The first-order chi connectivity index (χ1) is 9.58. The molecule has 2 heterocycles. The van der Waals surface area contributed by atoms with Gasteiger partial charge in [0.2, 0.25) is 5.91 Å². The Hall–Kier alpha value is -1.40. The molecular formula is C14H25N5O. The lowest BCUT2D eigenvalue weighted by atomic mass is 10.2. The molecule has 0 aliphatic carbocycles. The molecule has 112 valence electrons. The summed E-state index contributed by atoms with van der Waals surface area (Å²) in [6.07, 6.45) is 3.72. The lowest BCUT2D eigenvalue weighted by Crippen LogP contribution is -2.53. The second-order valence-electron chi connectivity index (χ2n) is 5.47. The maximum Gasteiger partial charge on any atom is 0.237 e. The van der Waals surface area contributed by atoms with Crippen LogP contribution in [0.2, 0.25) is 0 Å². The maximum absolute atomic E-state index is 12.1. The zero-order chi connectivity index (χ0) is 14.5. The fraction of sp³-hybridized carbons (Fsp3) is 0.714. The second-order valence-corrected chi connectivity index (χ2v) is 5.47. The van der Waals surface area contributed by atoms with Crippen LogP contribution < -0.4 is 5.32 Å². The van der Waals surface area contributed by atoms with Crippen molar-refractivity contribution in [1.29, 1.82) is 0 Å². The number of piperazine rings is 1. The fourth-order valence-corrected chi connectivity index (χ4v) is 2.46. The van der Waals surface area contributed by atoms with Gasteiger partial charge in [0, 0.05) is 51.7 Å². The second kappa shape index (κ2) is 6.85. The molecule has 1 N–H and O–H groups in total. The van der Waals surface area contributed by atoms with E-state index < -0.39 is 0 Å². The fourth-order valence-electron chi connectivity index (χ4n) is 2.46. The summed E-state index contributed by atoms with van der Waals surface area (Å²) in [5.74, 6) is 1.10. The minimum Gasteiger partial charge on any atom is -0.353 e. The van der Waals surface area contributed by atoms with Crippen LogP contribution in [0.4, 0.5) is 0 Å². The van der Waals surface area contributed by atoms with Crippen LogP contribution in [0.5, 0.6) is 0 Å². The number of carbonyl (C=O) groups excluding carboxylic acids is 1. The van der Waals surface area contributed by atoms with Crippen LogP contribution in [0.25, 0.3) is 0 Å². The Bertz CT molecular complexity index is 437. The van der Waals surface area contributed by atoms with Gasteiger partial charge in [-0.2, -0.15) is 0 Å². The Morgan fingerprint density at radius 1 is 1.40 bits per heavy atom. The van der Waals surface area contributed by atoms with Crippen molar-refractivity contribution in [3.05, 3.63) is 18.2 Å². The van der Waals surface area contributed by atoms with Crippen LogP contribution in [-0.4, -0.2) is 71.1 Å². The van der Waals surface area contributed by atoms with Crippen molar-refractivity contribution in [1.82, 2.24) is 24.7 Å². The Morgan fingerprint density at radius 3 is 2.70 bits per heavy atom. The van der Waals surface area contributed by atoms with Gasteiger partial charge < -0.3 is 14.8 Å². The third-order valence-corrected chi connectivity index (χ3v) is 4.04. The van der Waals surface area contributed by atoms with Crippen LogP contribution in [0.15, 0.2) is 12.4 Å². The van der Waals surface area contributed by atoms with Crippen molar-refractivity contribution in [2.24, 2.45) is 0 Å². The van der Waals surface area contributed by atoms with Gasteiger partial charge in [0.1, 0.15) is 5.82 Å². The van der Waals surface area contributed by atoms with E-state index in [1.807, 2.05) is 24.6 Å². The quantitative estimate of drug-likeness (QED) is 0.821. The lowest BCUT2D eigenvalue weighted by Gasteiger charge is -2.35. The Kier molecular flexibility index (Phi) is 5.14. The van der Waals surface area contributed by atoms with E-state index in [0.717, 1.165) is 38.5 Å². The Balaban J connectivity index is 1.72. The number of aryl methyl sites for hydroxylation is 1. The highest BCUT2D eigenvalue weighted by Gasteiger charge is 2.23. The standard InChI is InChI=1S/C14H25N5O/c1-12(18-10-8-17(3)9-11-18)14(20)16-5-7-19-6-4-15-13(19)2/h4,6,12H,5,7-11H2,1-3H3,(H,16,20). The first-order valence-electron chi connectivity index (χ1n) is 7.26. The van der Waals surface area contributed by atoms with Gasteiger partial charge in [-0.1, -0.05) is 0 Å². The summed E-state index contributed by atoms with van der Waals surface area (Å²) in [6, 6.07) is -0.0485. The molecule has 1 amide bonds. The minimum absolute atomic E-state index is 0.0485. The molecule has 6 heteroatoms. The van der Waals surface area contributed by atoms with Crippen LogP contribution in [-0.2, 0) is 11.3 Å². The smallest absolute Gasteiger partial charge is 0.237 e. The summed E-state index contributed by atoms with van der Waals surface area (Å²) in [4.78, 5) is 20.9. The van der Waals surface area contributed by atoms with E-state index in [1.54, 1.807) is 6.20 Å². The van der Waals surface area contributed by atoms with Crippen molar-refractivity contribution in [2.45, 2.75) is 26.4 Å². The third-order valence-electron chi connectivity index (χ3n) is 4.04. The van der Waals surface area contributed by atoms with Crippen molar-refractivity contribution in [3.63, 3.8) is 0 Å². The molecule has 6 nitrogen and oxygen atoms in total. The molecule has 1 aliphatic heterocycles. The summed E-state index contributed by atoms with van der Waals surface area (Å²) in [5, 5.41) is 3.01. The largest absolute Gasteiger partial charge is 0.353 e. The number of hydrogen-bond donors (Lipinski definition) is 1. The number of hydrogen-bond acceptors (Lipinski definition) is 4. The van der Waals surface area contributed by atoms with Gasteiger partial charge in [-0.05, 0) is 20.9 Å². The number of amides is 1. The van der Waals surface area contributed by atoms with Gasteiger partial charge in [0.15, 0.2) is 0 Å². The van der Waals surface area contributed by atoms with Crippen LogP contribution >= 0.6 is 0 Å². The maximum atomic E-state index is 12.1.